The van der Waals surface area contributed by atoms with Crippen molar-refractivity contribution in [3.05, 3.63) is 64.5 Å². The standard InChI is InChI=1S/C30H37F3N8O4S/c1-18(23(17-41-12-10-40(4)11-13-41)36-26(42)24-16-35-39-46-24)19-6-8-22(21(31)14-19)37-27(43)29(2,3)38-28(44)30(32,33)20-7-9-25(45-5)34-15-20/h6-9,14-16,18,23H,10-13,17H2,1-5H3,(H,36,42)(H,37,43)(H,38,44)/t18-,23-/m0/s1. The van der Waals surface area contributed by atoms with Gasteiger partial charge in [0.15, 0.2) is 0 Å². The Hall–Kier alpha value is -4.15. The number of methoxy groups -OCH3 is 1. The molecule has 0 saturated carbocycles. The lowest BCUT2D eigenvalue weighted by Gasteiger charge is -2.36. The number of halogens is 3. The normalized spacial score (nSPS) is 15.9. The van der Waals surface area contributed by atoms with Crippen LogP contribution in [0.2, 0.25) is 0 Å². The lowest BCUT2D eigenvalue weighted by atomic mass is 9.92. The van der Waals surface area contributed by atoms with Crippen molar-refractivity contribution in [2.45, 2.75) is 44.2 Å². The van der Waals surface area contributed by atoms with Crippen LogP contribution in [-0.2, 0) is 15.5 Å². The van der Waals surface area contributed by atoms with E-state index in [1.165, 1.54) is 45.4 Å². The number of alkyl halides is 2. The Morgan fingerprint density at radius 1 is 1.07 bits per heavy atom. The number of benzene rings is 1. The molecule has 3 amide bonds. The SMILES string of the molecule is COc1ccc(C(F)(F)C(=O)NC(C)(C)C(=O)Nc2ccc([C@H](C)[C@H](CN3CCN(C)CC3)NC(=O)c3cnns3)cc2F)cn1. The number of nitrogens with zero attached hydrogens (tertiary/aromatic N) is 5. The first-order chi connectivity index (χ1) is 21.7. The number of pyridine rings is 1. The number of likely N-dealkylation sites (N-methyl/N-ethyl adjacent to an activating group) is 1. The summed E-state index contributed by atoms with van der Waals surface area (Å²) in [6.45, 7) is 8.23. The lowest BCUT2D eigenvalue weighted by molar-refractivity contribution is -0.150. The van der Waals surface area contributed by atoms with Crippen LogP contribution in [0, 0.1) is 5.82 Å². The van der Waals surface area contributed by atoms with Gasteiger partial charge >= 0.3 is 5.92 Å². The van der Waals surface area contributed by atoms with Gasteiger partial charge in [-0.15, -0.1) is 5.10 Å². The Morgan fingerprint density at radius 2 is 1.78 bits per heavy atom. The topological polar surface area (TPSA) is 142 Å². The number of hydrogen-bond acceptors (Lipinski definition) is 10. The maximum atomic E-state index is 15.4. The van der Waals surface area contributed by atoms with Crippen molar-refractivity contribution in [3.8, 4) is 5.88 Å². The number of piperazine rings is 1. The molecule has 1 saturated heterocycles. The third kappa shape index (κ3) is 8.35. The molecule has 0 bridgehead atoms. The van der Waals surface area contributed by atoms with Crippen molar-refractivity contribution in [2.75, 3.05) is 52.2 Å². The van der Waals surface area contributed by atoms with E-state index < -0.39 is 40.7 Å². The summed E-state index contributed by atoms with van der Waals surface area (Å²) in [6.07, 6.45) is 2.19. The molecule has 16 heteroatoms. The number of rotatable bonds is 12. The van der Waals surface area contributed by atoms with Gasteiger partial charge in [-0.05, 0) is 56.2 Å². The van der Waals surface area contributed by atoms with Crippen LogP contribution >= 0.6 is 11.5 Å². The molecule has 0 unspecified atom stereocenters. The van der Waals surface area contributed by atoms with E-state index >= 15 is 4.39 Å². The number of hydrogen-bond donors (Lipinski definition) is 3. The fourth-order valence-corrected chi connectivity index (χ4v) is 5.23. The number of nitrogens with one attached hydrogen (secondary N) is 3. The molecule has 3 aromatic rings. The van der Waals surface area contributed by atoms with E-state index in [9.17, 15) is 23.2 Å². The summed E-state index contributed by atoms with van der Waals surface area (Å²) < 4.78 is 53.7. The summed E-state index contributed by atoms with van der Waals surface area (Å²) in [5, 5.41) is 11.2. The third-order valence-electron chi connectivity index (χ3n) is 7.91. The molecule has 1 aliphatic heterocycles. The minimum atomic E-state index is -4.01. The van der Waals surface area contributed by atoms with E-state index in [1.807, 2.05) is 19.3 Å². The molecule has 1 fully saturated rings. The van der Waals surface area contributed by atoms with Crippen LogP contribution in [0.3, 0.4) is 0 Å². The number of carbonyl (C=O) groups excluding carboxylic acids is 3. The summed E-state index contributed by atoms with van der Waals surface area (Å²) in [7, 11) is 3.37. The Kier molecular flexibility index (Phi) is 11.0. The van der Waals surface area contributed by atoms with E-state index in [0.29, 0.717) is 17.0 Å². The number of anilines is 1. The molecule has 0 radical (unpaired) electrons. The highest BCUT2D eigenvalue weighted by atomic mass is 32.1. The first kappa shape index (κ1) is 34.7. The van der Waals surface area contributed by atoms with Gasteiger partial charge in [0.05, 0.1) is 19.0 Å². The molecule has 3 N–H and O–H groups in total. The first-order valence-corrected chi connectivity index (χ1v) is 15.3. The van der Waals surface area contributed by atoms with Gasteiger partial charge in [0.1, 0.15) is 16.2 Å². The average molecular weight is 663 g/mol. The number of ether oxygens (including phenoxy) is 1. The van der Waals surface area contributed by atoms with E-state index in [0.717, 1.165) is 50.0 Å². The maximum Gasteiger partial charge on any atom is 0.351 e. The largest absolute Gasteiger partial charge is 0.481 e. The highest BCUT2D eigenvalue weighted by molar-refractivity contribution is 7.07. The lowest BCUT2D eigenvalue weighted by Crippen LogP contribution is -2.56. The van der Waals surface area contributed by atoms with Crippen LogP contribution in [0.25, 0.3) is 0 Å². The molecule has 0 spiro atoms. The van der Waals surface area contributed by atoms with Gasteiger partial charge in [0.25, 0.3) is 11.8 Å². The molecule has 248 valence electrons. The highest BCUT2D eigenvalue weighted by Crippen LogP contribution is 2.30. The molecule has 12 nitrogen and oxygen atoms in total. The molecule has 0 aliphatic carbocycles. The van der Waals surface area contributed by atoms with Crippen molar-refractivity contribution in [1.82, 2.24) is 35.0 Å². The molecule has 46 heavy (non-hydrogen) atoms. The van der Waals surface area contributed by atoms with Gasteiger partial charge < -0.3 is 25.6 Å². The Bertz CT molecular complexity index is 1520. The molecule has 1 aromatic carbocycles. The molecule has 2 aromatic heterocycles. The summed E-state index contributed by atoms with van der Waals surface area (Å²) in [5.41, 5.74) is -2.17. The fraction of sp³-hybridized carbons (Fsp3) is 0.467. The summed E-state index contributed by atoms with van der Waals surface area (Å²) in [6, 6.07) is 6.02. The number of aromatic nitrogens is 3. The van der Waals surface area contributed by atoms with Gasteiger partial charge in [-0.25, -0.2) is 9.37 Å². The summed E-state index contributed by atoms with van der Waals surface area (Å²) in [5.74, 6) is -8.00. The molecule has 1 aliphatic rings. The monoisotopic (exact) mass is 662 g/mol. The van der Waals surface area contributed by atoms with Crippen LogP contribution < -0.4 is 20.7 Å². The predicted octanol–water partition coefficient (Wildman–Crippen LogP) is 2.86. The minimum Gasteiger partial charge on any atom is -0.481 e. The van der Waals surface area contributed by atoms with Gasteiger partial charge in [-0.1, -0.05) is 17.5 Å². The molecule has 2 atom stereocenters. The quantitative estimate of drug-likeness (QED) is 0.267. The highest BCUT2D eigenvalue weighted by Gasteiger charge is 2.45. The van der Waals surface area contributed by atoms with Crippen molar-refractivity contribution in [3.63, 3.8) is 0 Å². The summed E-state index contributed by atoms with van der Waals surface area (Å²) in [4.78, 5) is 47.0. The number of amides is 3. The predicted molar refractivity (Wildman–Crippen MR) is 165 cm³/mol. The maximum absolute atomic E-state index is 15.4. The van der Waals surface area contributed by atoms with Gasteiger partial charge in [-0.2, -0.15) is 8.78 Å². The minimum absolute atomic E-state index is 0.0888. The van der Waals surface area contributed by atoms with Gasteiger partial charge in [0, 0.05) is 62.5 Å². The van der Waals surface area contributed by atoms with Crippen molar-refractivity contribution >= 4 is 34.9 Å². The van der Waals surface area contributed by atoms with Crippen LogP contribution in [0.15, 0.2) is 42.7 Å². The zero-order chi connectivity index (χ0) is 33.6. The second-order valence-electron chi connectivity index (χ2n) is 11.7. The van der Waals surface area contributed by atoms with E-state index in [2.05, 4.69) is 35.0 Å². The van der Waals surface area contributed by atoms with Crippen molar-refractivity contribution < 1.29 is 32.3 Å². The van der Waals surface area contributed by atoms with E-state index in [1.54, 1.807) is 6.07 Å². The molecular formula is C30H37F3N8O4S. The second-order valence-corrected chi connectivity index (χ2v) is 12.5. The third-order valence-corrected chi connectivity index (χ3v) is 8.57. The number of carbonyl (C=O) groups is 3. The van der Waals surface area contributed by atoms with Crippen LogP contribution in [0.5, 0.6) is 5.88 Å². The summed E-state index contributed by atoms with van der Waals surface area (Å²) >= 11 is 0.975. The zero-order valence-electron chi connectivity index (χ0n) is 26.1. The first-order valence-electron chi connectivity index (χ1n) is 14.5. The van der Waals surface area contributed by atoms with Crippen molar-refractivity contribution in [1.29, 1.82) is 0 Å². The van der Waals surface area contributed by atoms with Crippen LogP contribution in [-0.4, -0.2) is 101 Å². The zero-order valence-corrected chi connectivity index (χ0v) is 27.0. The van der Waals surface area contributed by atoms with E-state index in [-0.39, 0.29) is 23.4 Å². The Morgan fingerprint density at radius 3 is 2.37 bits per heavy atom. The van der Waals surface area contributed by atoms with Crippen LogP contribution in [0.1, 0.15) is 47.5 Å². The second kappa shape index (κ2) is 14.5. The van der Waals surface area contributed by atoms with E-state index in [4.69, 9.17) is 4.74 Å². The molecule has 4 rings (SSSR count). The Labute approximate surface area is 268 Å². The molecule has 3 heterocycles. The fourth-order valence-electron chi connectivity index (χ4n) is 4.81. The van der Waals surface area contributed by atoms with Crippen molar-refractivity contribution in [2.24, 2.45) is 0 Å². The average Bonchev–Trinajstić information content (AvgIpc) is 3.57. The van der Waals surface area contributed by atoms with Gasteiger partial charge in [0.2, 0.25) is 11.8 Å². The molecular weight excluding hydrogens is 625 g/mol. The van der Waals surface area contributed by atoms with Crippen LogP contribution in [0.4, 0.5) is 18.9 Å². The van der Waals surface area contributed by atoms with Gasteiger partial charge in [-0.3, -0.25) is 19.3 Å². The smallest absolute Gasteiger partial charge is 0.351 e. The Balaban J connectivity index is 1.45.